The predicted molar refractivity (Wildman–Crippen MR) is 106 cm³/mol. The van der Waals surface area contributed by atoms with E-state index in [1.54, 1.807) is 0 Å². The minimum absolute atomic E-state index is 0.0938. The van der Waals surface area contributed by atoms with E-state index in [2.05, 4.69) is 61.5 Å². The Hall–Kier alpha value is -1.96. The van der Waals surface area contributed by atoms with Crippen LogP contribution in [-0.2, 0) is 5.41 Å². The van der Waals surface area contributed by atoms with Gasteiger partial charge in [-0.05, 0) is 47.6 Å². The van der Waals surface area contributed by atoms with Crippen LogP contribution in [0, 0.1) is 4.91 Å². The van der Waals surface area contributed by atoms with Gasteiger partial charge >= 0.3 is 0 Å². The van der Waals surface area contributed by atoms with Gasteiger partial charge in [0.25, 0.3) is 0 Å². The second-order valence-corrected chi connectivity index (χ2v) is 7.42. The van der Waals surface area contributed by atoms with Crippen LogP contribution in [0.25, 0.3) is 11.1 Å². The third-order valence-electron chi connectivity index (χ3n) is 5.85. The van der Waals surface area contributed by atoms with Crippen LogP contribution in [0.1, 0.15) is 82.0 Å². The Labute approximate surface area is 151 Å². The summed E-state index contributed by atoms with van der Waals surface area (Å²) in [6.07, 6.45) is 7.22. The van der Waals surface area contributed by atoms with Crippen molar-refractivity contribution in [3.63, 3.8) is 0 Å². The molecule has 1 aliphatic rings. The first-order chi connectivity index (χ1) is 12.2. The molecule has 1 unspecified atom stereocenters. The molecular formula is C23H29NO. The minimum Gasteiger partial charge on any atom is -0.150 e. The molecule has 0 saturated heterocycles. The second kappa shape index (κ2) is 7.51. The van der Waals surface area contributed by atoms with Crippen LogP contribution in [0.5, 0.6) is 0 Å². The molecule has 2 aromatic rings. The maximum Gasteiger partial charge on any atom is 0.114 e. The summed E-state index contributed by atoms with van der Waals surface area (Å²) in [5.41, 5.74) is 6.77. The molecule has 2 heteroatoms. The number of hydrogen-bond donors (Lipinski definition) is 0. The Morgan fingerprint density at radius 1 is 0.920 bits per heavy atom. The van der Waals surface area contributed by atoms with Gasteiger partial charge < -0.3 is 0 Å². The van der Waals surface area contributed by atoms with E-state index < -0.39 is 0 Å². The highest BCUT2D eigenvalue weighted by atomic mass is 16.3. The fourth-order valence-electron chi connectivity index (χ4n) is 4.41. The van der Waals surface area contributed by atoms with Gasteiger partial charge in [-0.3, -0.25) is 0 Å². The van der Waals surface area contributed by atoms with Crippen LogP contribution in [-0.4, -0.2) is 0 Å². The minimum atomic E-state index is -0.288. The highest BCUT2D eigenvalue weighted by molar-refractivity contribution is 5.81. The van der Waals surface area contributed by atoms with Crippen molar-refractivity contribution in [3.8, 4) is 11.1 Å². The molecule has 0 fully saturated rings. The lowest BCUT2D eigenvalue weighted by Crippen LogP contribution is -2.25. The van der Waals surface area contributed by atoms with Crippen LogP contribution >= 0.6 is 0 Å². The van der Waals surface area contributed by atoms with E-state index in [1.807, 2.05) is 6.92 Å². The van der Waals surface area contributed by atoms with E-state index in [1.165, 1.54) is 60.8 Å². The average Bonchev–Trinajstić information content (AvgIpc) is 2.94. The summed E-state index contributed by atoms with van der Waals surface area (Å²) in [7, 11) is 0. The summed E-state index contributed by atoms with van der Waals surface area (Å²) in [6, 6.07) is 15.2. The Balaban J connectivity index is 2.20. The first-order valence-electron chi connectivity index (χ1n) is 9.74. The lowest BCUT2D eigenvalue weighted by molar-refractivity contribution is 0.414. The Morgan fingerprint density at radius 3 is 2.20 bits per heavy atom. The molecule has 2 nitrogen and oxygen atoms in total. The number of hydrogen-bond acceptors (Lipinski definition) is 2. The normalized spacial score (nSPS) is 15.5. The monoisotopic (exact) mass is 335 g/mol. The van der Waals surface area contributed by atoms with Crippen molar-refractivity contribution < 1.29 is 0 Å². The highest BCUT2D eigenvalue weighted by Gasteiger charge is 2.42. The summed E-state index contributed by atoms with van der Waals surface area (Å²) in [5.74, 6) is 0. The smallest absolute Gasteiger partial charge is 0.114 e. The molecular weight excluding hydrogens is 306 g/mol. The first kappa shape index (κ1) is 17.8. The van der Waals surface area contributed by atoms with Gasteiger partial charge in [0.1, 0.15) is 6.04 Å². The van der Waals surface area contributed by atoms with Crippen molar-refractivity contribution in [1.82, 2.24) is 0 Å². The standard InChI is InChI=1S/C23H29NO/c1-4-6-14-23(15-7-5-2)21-11-9-8-10-19(21)20-13-12-18(16-22(20)23)17(3)24-25/h8-13,16-17H,4-7,14-15H2,1-3H3. The average molecular weight is 335 g/mol. The van der Waals surface area contributed by atoms with Gasteiger partial charge in [-0.2, -0.15) is 4.91 Å². The van der Waals surface area contributed by atoms with E-state index in [-0.39, 0.29) is 11.5 Å². The van der Waals surface area contributed by atoms with Crippen molar-refractivity contribution in [1.29, 1.82) is 0 Å². The number of nitrogens with zero attached hydrogens (tertiary/aromatic N) is 1. The number of unbranched alkanes of at least 4 members (excludes halogenated alkanes) is 2. The van der Waals surface area contributed by atoms with E-state index in [0.29, 0.717) is 0 Å². The summed E-state index contributed by atoms with van der Waals surface area (Å²) in [5, 5.41) is 3.26. The van der Waals surface area contributed by atoms with Crippen LogP contribution in [0.3, 0.4) is 0 Å². The summed E-state index contributed by atoms with van der Waals surface area (Å²) >= 11 is 0. The Kier molecular flexibility index (Phi) is 5.36. The highest BCUT2D eigenvalue weighted by Crippen LogP contribution is 2.54. The van der Waals surface area contributed by atoms with Crippen molar-refractivity contribution in [3.05, 3.63) is 64.1 Å². The van der Waals surface area contributed by atoms with Crippen molar-refractivity contribution in [2.24, 2.45) is 5.18 Å². The number of nitroso groups, excluding NO2 is 1. The van der Waals surface area contributed by atoms with Gasteiger partial charge in [0, 0.05) is 5.41 Å². The van der Waals surface area contributed by atoms with Crippen LogP contribution in [0.15, 0.2) is 47.6 Å². The van der Waals surface area contributed by atoms with Gasteiger partial charge in [0.15, 0.2) is 0 Å². The fraction of sp³-hybridized carbons (Fsp3) is 0.478. The zero-order chi connectivity index (χ0) is 17.9. The zero-order valence-electron chi connectivity index (χ0n) is 15.7. The quantitative estimate of drug-likeness (QED) is 0.470. The van der Waals surface area contributed by atoms with Gasteiger partial charge in [-0.1, -0.05) is 87.2 Å². The lowest BCUT2D eigenvalue weighted by Gasteiger charge is -2.33. The lowest BCUT2D eigenvalue weighted by atomic mass is 9.70. The maximum atomic E-state index is 11.1. The maximum absolute atomic E-state index is 11.1. The van der Waals surface area contributed by atoms with E-state index in [0.717, 1.165) is 5.56 Å². The Morgan fingerprint density at radius 2 is 1.56 bits per heavy atom. The zero-order valence-corrected chi connectivity index (χ0v) is 15.7. The molecule has 132 valence electrons. The van der Waals surface area contributed by atoms with Gasteiger partial charge in [-0.25, -0.2) is 0 Å². The summed E-state index contributed by atoms with van der Waals surface area (Å²) in [4.78, 5) is 11.1. The third-order valence-corrected chi connectivity index (χ3v) is 5.85. The van der Waals surface area contributed by atoms with E-state index >= 15 is 0 Å². The molecule has 3 rings (SSSR count). The largest absolute Gasteiger partial charge is 0.150 e. The predicted octanol–water partition coefficient (Wildman–Crippen LogP) is 7.16. The molecule has 0 bridgehead atoms. The van der Waals surface area contributed by atoms with Crippen LogP contribution in [0.2, 0.25) is 0 Å². The molecule has 25 heavy (non-hydrogen) atoms. The summed E-state index contributed by atoms with van der Waals surface area (Å²) in [6.45, 7) is 6.42. The Bertz CT molecular complexity index is 742. The number of fused-ring (bicyclic) bond motifs is 3. The second-order valence-electron chi connectivity index (χ2n) is 7.42. The third kappa shape index (κ3) is 3.03. The first-order valence-corrected chi connectivity index (χ1v) is 9.74. The van der Waals surface area contributed by atoms with Crippen LogP contribution in [0.4, 0.5) is 0 Å². The molecule has 0 amide bonds. The number of rotatable bonds is 8. The van der Waals surface area contributed by atoms with Crippen molar-refractivity contribution in [2.75, 3.05) is 0 Å². The van der Waals surface area contributed by atoms with E-state index in [9.17, 15) is 4.91 Å². The van der Waals surface area contributed by atoms with Gasteiger partial charge in [0.2, 0.25) is 0 Å². The molecule has 2 aromatic carbocycles. The van der Waals surface area contributed by atoms with Crippen molar-refractivity contribution >= 4 is 0 Å². The van der Waals surface area contributed by atoms with Crippen LogP contribution < -0.4 is 0 Å². The van der Waals surface area contributed by atoms with Gasteiger partial charge in [-0.15, -0.1) is 0 Å². The molecule has 0 saturated carbocycles. The molecule has 0 aromatic heterocycles. The topological polar surface area (TPSA) is 29.4 Å². The molecule has 0 spiro atoms. The number of benzene rings is 2. The molecule has 0 radical (unpaired) electrons. The SMILES string of the molecule is CCCCC1(CCCC)c2ccccc2-c2ccc(C(C)N=O)cc21. The molecule has 0 heterocycles. The van der Waals surface area contributed by atoms with Gasteiger partial charge in [0.05, 0.1) is 0 Å². The fourth-order valence-corrected chi connectivity index (χ4v) is 4.41. The molecule has 1 aliphatic carbocycles. The summed E-state index contributed by atoms with van der Waals surface area (Å²) < 4.78 is 0. The molecule has 0 N–H and O–H groups in total. The van der Waals surface area contributed by atoms with Crippen molar-refractivity contribution in [2.45, 2.75) is 70.8 Å². The molecule has 1 atom stereocenters. The van der Waals surface area contributed by atoms with E-state index in [4.69, 9.17) is 0 Å². The molecule has 0 aliphatic heterocycles.